The van der Waals surface area contributed by atoms with Crippen LogP contribution in [-0.4, -0.2) is 26.8 Å². The molecule has 0 fully saturated rings. The second-order valence-corrected chi connectivity index (χ2v) is 7.12. The largest absolute Gasteiger partial charge is 0.493 e. The third-order valence-electron chi connectivity index (χ3n) is 5.47. The van der Waals surface area contributed by atoms with E-state index in [2.05, 4.69) is 6.07 Å². The van der Waals surface area contributed by atoms with Crippen LogP contribution in [-0.2, 0) is 4.74 Å². The predicted molar refractivity (Wildman–Crippen MR) is 118 cm³/mol. The van der Waals surface area contributed by atoms with Crippen molar-refractivity contribution in [3.8, 4) is 34.4 Å². The van der Waals surface area contributed by atoms with Crippen molar-refractivity contribution >= 4 is 5.97 Å². The number of ether oxygens (including phenoxy) is 4. The number of hydrogen-bond donors (Lipinski definition) is 1. The average molecular weight is 430 g/mol. The van der Waals surface area contributed by atoms with Crippen molar-refractivity contribution in [3.05, 3.63) is 76.7 Å². The molecular formula is C25H22N2O5. The molecule has 1 unspecified atom stereocenters. The molecule has 1 aromatic carbocycles. The van der Waals surface area contributed by atoms with Crippen molar-refractivity contribution in [3.63, 3.8) is 0 Å². The van der Waals surface area contributed by atoms with Crippen molar-refractivity contribution in [2.24, 2.45) is 5.73 Å². The monoisotopic (exact) mass is 430 g/mol. The number of nitrogens with zero attached hydrogens (tertiary/aromatic N) is 1. The standard InChI is InChI=1S/C25H22N2O5/c1-4-31-25(28)22-16-9-7-5-6-8-15(16)21-20(17(13-26)24(27)32-23(21)22)14-10-11-18(29-2)19(12-14)30-3/h5-12,20H,4,27H2,1-3H3. The summed E-state index contributed by atoms with van der Waals surface area (Å²) in [5, 5.41) is 9.95. The number of nitriles is 1. The van der Waals surface area contributed by atoms with Crippen LogP contribution in [0.5, 0.6) is 17.2 Å². The van der Waals surface area contributed by atoms with Gasteiger partial charge in [-0.25, -0.2) is 4.79 Å². The second kappa shape index (κ2) is 8.52. The highest BCUT2D eigenvalue weighted by Crippen LogP contribution is 2.53. The Kier molecular flexibility index (Phi) is 5.61. The van der Waals surface area contributed by atoms with Gasteiger partial charge in [0.25, 0.3) is 0 Å². The van der Waals surface area contributed by atoms with Crippen LogP contribution in [0.2, 0.25) is 0 Å². The Bertz CT molecular complexity index is 1240. The molecule has 0 saturated heterocycles. The molecule has 1 aromatic rings. The molecule has 1 atom stereocenters. The van der Waals surface area contributed by atoms with E-state index < -0.39 is 11.9 Å². The topological polar surface area (TPSA) is 104 Å². The summed E-state index contributed by atoms with van der Waals surface area (Å²) in [5.41, 5.74) is 9.58. The van der Waals surface area contributed by atoms with Crippen LogP contribution in [0.25, 0.3) is 11.1 Å². The van der Waals surface area contributed by atoms with Gasteiger partial charge in [-0.15, -0.1) is 0 Å². The fourth-order valence-corrected chi connectivity index (χ4v) is 4.11. The first-order valence-corrected chi connectivity index (χ1v) is 10.1. The summed E-state index contributed by atoms with van der Waals surface area (Å²) in [6.45, 7) is 1.96. The molecule has 0 spiro atoms. The number of fused-ring (bicyclic) bond motifs is 3. The van der Waals surface area contributed by atoms with Crippen LogP contribution in [0, 0.1) is 11.3 Å². The third kappa shape index (κ3) is 3.26. The van der Waals surface area contributed by atoms with Gasteiger partial charge >= 0.3 is 5.97 Å². The van der Waals surface area contributed by atoms with E-state index in [1.807, 2.05) is 36.4 Å². The molecular weight excluding hydrogens is 408 g/mol. The van der Waals surface area contributed by atoms with E-state index in [-0.39, 0.29) is 18.1 Å². The van der Waals surface area contributed by atoms with Crippen LogP contribution in [0.3, 0.4) is 0 Å². The minimum atomic E-state index is -0.573. The SMILES string of the molecule is CCOC(=O)c1c2cccccc-2c2c1OC(N)=C(C#N)C2c1ccc(OC)c(OC)c1. The normalized spacial score (nSPS) is 14.9. The van der Waals surface area contributed by atoms with Gasteiger partial charge in [0.15, 0.2) is 11.5 Å². The van der Waals surface area contributed by atoms with Gasteiger partial charge in [-0.3, -0.25) is 0 Å². The summed E-state index contributed by atoms with van der Waals surface area (Å²) in [6.07, 6.45) is 0. The number of allylic oxidation sites excluding steroid dienone is 1. The number of carbonyl (C=O) groups excluding carboxylic acids is 1. The zero-order chi connectivity index (χ0) is 22.8. The van der Waals surface area contributed by atoms with Crippen LogP contribution in [0.15, 0.2) is 60.0 Å². The number of methoxy groups -OCH3 is 2. The van der Waals surface area contributed by atoms with E-state index in [0.29, 0.717) is 33.9 Å². The van der Waals surface area contributed by atoms with Crippen molar-refractivity contribution in [1.29, 1.82) is 5.26 Å². The first-order valence-electron chi connectivity index (χ1n) is 10.1. The van der Waals surface area contributed by atoms with Crippen molar-refractivity contribution in [1.82, 2.24) is 0 Å². The van der Waals surface area contributed by atoms with Crippen molar-refractivity contribution < 1.29 is 23.7 Å². The third-order valence-corrected chi connectivity index (χ3v) is 5.47. The lowest BCUT2D eigenvalue weighted by Crippen LogP contribution is -2.21. The summed E-state index contributed by atoms with van der Waals surface area (Å²) in [5.74, 6) is 0.248. The quantitative estimate of drug-likeness (QED) is 0.605. The van der Waals surface area contributed by atoms with Crippen LogP contribution < -0.4 is 19.9 Å². The number of carbonyl (C=O) groups is 1. The van der Waals surface area contributed by atoms with E-state index >= 15 is 0 Å². The number of nitrogens with two attached hydrogens (primary N) is 1. The molecule has 7 heteroatoms. The lowest BCUT2D eigenvalue weighted by atomic mass is 9.83. The molecule has 2 aliphatic carbocycles. The summed E-state index contributed by atoms with van der Waals surface area (Å²) < 4.78 is 22.0. The van der Waals surface area contributed by atoms with Gasteiger partial charge in [0, 0.05) is 11.1 Å². The lowest BCUT2D eigenvalue weighted by Gasteiger charge is -2.26. The summed E-state index contributed by atoms with van der Waals surface area (Å²) in [4.78, 5) is 12.9. The van der Waals surface area contributed by atoms with Gasteiger partial charge < -0.3 is 24.7 Å². The molecule has 0 radical (unpaired) electrons. The molecule has 0 bridgehead atoms. The van der Waals surface area contributed by atoms with Crippen molar-refractivity contribution in [2.75, 3.05) is 20.8 Å². The molecule has 0 aromatic heterocycles. The minimum Gasteiger partial charge on any atom is -0.493 e. The van der Waals surface area contributed by atoms with Crippen LogP contribution in [0.4, 0.5) is 0 Å². The fraction of sp³-hybridized carbons (Fsp3) is 0.200. The minimum absolute atomic E-state index is 0.0509. The highest BCUT2D eigenvalue weighted by Gasteiger charge is 2.40. The molecule has 4 rings (SSSR count). The Morgan fingerprint density at radius 3 is 2.47 bits per heavy atom. The van der Waals surface area contributed by atoms with Gasteiger partial charge in [0.2, 0.25) is 5.88 Å². The number of benzene rings is 1. The van der Waals surface area contributed by atoms with Crippen LogP contribution >= 0.6 is 0 Å². The number of hydrogen-bond acceptors (Lipinski definition) is 7. The molecule has 3 aliphatic rings. The molecule has 32 heavy (non-hydrogen) atoms. The Labute approximate surface area is 185 Å². The summed E-state index contributed by atoms with van der Waals surface area (Å²) >= 11 is 0. The van der Waals surface area contributed by atoms with Gasteiger partial charge in [-0.1, -0.05) is 36.4 Å². The molecule has 0 saturated carbocycles. The van der Waals surface area contributed by atoms with E-state index in [4.69, 9.17) is 24.7 Å². The highest BCUT2D eigenvalue weighted by atomic mass is 16.5. The average Bonchev–Trinajstić information content (AvgIpc) is 2.93. The Morgan fingerprint density at radius 2 is 1.81 bits per heavy atom. The lowest BCUT2D eigenvalue weighted by molar-refractivity contribution is 0.0524. The first-order chi connectivity index (χ1) is 15.5. The van der Waals surface area contributed by atoms with Gasteiger partial charge in [0.1, 0.15) is 23.0 Å². The van der Waals surface area contributed by atoms with Crippen molar-refractivity contribution in [2.45, 2.75) is 12.8 Å². The zero-order valence-electron chi connectivity index (χ0n) is 18.0. The highest BCUT2D eigenvalue weighted by molar-refractivity contribution is 6.05. The Balaban J connectivity index is 2.05. The Morgan fingerprint density at radius 1 is 1.09 bits per heavy atom. The smallest absolute Gasteiger partial charge is 0.342 e. The van der Waals surface area contributed by atoms with E-state index in [9.17, 15) is 10.1 Å². The maximum atomic E-state index is 12.9. The van der Waals surface area contributed by atoms with E-state index in [1.165, 1.54) is 0 Å². The van der Waals surface area contributed by atoms with Gasteiger partial charge in [0.05, 0.1) is 26.7 Å². The van der Waals surface area contributed by atoms with E-state index in [0.717, 1.165) is 11.1 Å². The first kappa shape index (κ1) is 21.1. The maximum Gasteiger partial charge on any atom is 0.342 e. The molecule has 1 aliphatic heterocycles. The second-order valence-electron chi connectivity index (χ2n) is 7.12. The van der Waals surface area contributed by atoms with Crippen LogP contribution in [0.1, 0.15) is 34.3 Å². The zero-order valence-corrected chi connectivity index (χ0v) is 18.0. The maximum absolute atomic E-state index is 12.9. The van der Waals surface area contributed by atoms with E-state index in [1.54, 1.807) is 33.3 Å². The number of rotatable bonds is 5. The van der Waals surface area contributed by atoms with Gasteiger partial charge in [-0.05, 0) is 30.2 Å². The fourth-order valence-electron chi connectivity index (χ4n) is 4.11. The Hall–Kier alpha value is -4.18. The summed E-state index contributed by atoms with van der Waals surface area (Å²) in [7, 11) is 3.10. The molecule has 2 N–H and O–H groups in total. The predicted octanol–water partition coefficient (Wildman–Crippen LogP) is 4.20. The molecule has 162 valence electrons. The molecule has 7 nitrogen and oxygen atoms in total. The molecule has 1 heterocycles. The summed E-state index contributed by atoms with van der Waals surface area (Å²) in [6, 6.07) is 16.9. The number of esters is 1. The van der Waals surface area contributed by atoms with Gasteiger partial charge in [-0.2, -0.15) is 5.26 Å². The molecule has 0 amide bonds.